The Bertz CT molecular complexity index is 2100. The molecule has 2 aromatic rings. The van der Waals surface area contributed by atoms with Crippen LogP contribution in [0.5, 0.6) is 0 Å². The highest BCUT2D eigenvalue weighted by Gasteiger charge is 2.48. The summed E-state index contributed by atoms with van der Waals surface area (Å²) in [6.07, 6.45) is 13.6. The van der Waals surface area contributed by atoms with Crippen LogP contribution in [0.4, 0.5) is 11.4 Å². The van der Waals surface area contributed by atoms with Crippen LogP contribution in [-0.2, 0) is 50.7 Å². The Morgan fingerprint density at radius 1 is 0.760 bits per heavy atom. The van der Waals surface area contributed by atoms with Crippen molar-refractivity contribution in [3.8, 4) is 0 Å². The molecule has 2 aliphatic rings. The van der Waals surface area contributed by atoms with Crippen LogP contribution in [0, 0.1) is 0 Å². The Kier molecular flexibility index (Phi) is 12.1. The molecule has 2 heterocycles. The molecule has 13 nitrogen and oxygen atoms in total. The highest BCUT2D eigenvalue weighted by atomic mass is 32.2. The maximum absolute atomic E-state index is 12.0. The highest BCUT2D eigenvalue weighted by molar-refractivity contribution is 7.86. The van der Waals surface area contributed by atoms with E-state index in [-0.39, 0.29) is 22.6 Å². The fourth-order valence-corrected chi connectivity index (χ4v) is 7.98. The topological polar surface area (TPSA) is 197 Å². The number of hydrogen-bond donors (Lipinski definition) is 4. The van der Waals surface area contributed by atoms with E-state index in [0.717, 1.165) is 22.7 Å². The minimum Gasteiger partial charge on any atom is -0.385 e. The van der Waals surface area contributed by atoms with E-state index in [1.54, 1.807) is 44.6 Å². The molecule has 2 aliphatic heterocycles. The molecule has 0 saturated carbocycles. The van der Waals surface area contributed by atoms with Crippen LogP contribution in [0.1, 0.15) is 44.2 Å². The second kappa shape index (κ2) is 15.4. The molecule has 50 heavy (non-hydrogen) atoms. The van der Waals surface area contributed by atoms with Gasteiger partial charge in [-0.15, -0.1) is 0 Å². The first-order chi connectivity index (χ1) is 23.3. The van der Waals surface area contributed by atoms with Crippen molar-refractivity contribution in [2.75, 3.05) is 45.0 Å². The van der Waals surface area contributed by atoms with Gasteiger partial charge in [-0.1, -0.05) is 30.4 Å². The SMILES string of the molecule is COCC[N+]1=C(/C=C/C=C/C=C/C=C2/Nc3ccc(S(=O)(=O)O)cc3C2(C)CCOC)C(C)(CCCS(=O)(=O)O)c2cc(S(=O)(=O)O)ccc21. The third-order valence-electron chi connectivity index (χ3n) is 9.12. The number of hydrogen-bond acceptors (Lipinski definition) is 9. The summed E-state index contributed by atoms with van der Waals surface area (Å²) < 4.78 is 112. The second-order valence-electron chi connectivity index (χ2n) is 12.5. The van der Waals surface area contributed by atoms with Crippen LogP contribution in [0.15, 0.2) is 94.4 Å². The molecule has 272 valence electrons. The predicted octanol–water partition coefficient (Wildman–Crippen LogP) is 4.82. The van der Waals surface area contributed by atoms with Crippen molar-refractivity contribution in [1.82, 2.24) is 0 Å². The van der Waals surface area contributed by atoms with Gasteiger partial charge in [0.1, 0.15) is 6.61 Å². The molecular formula is C34H43N2O11S3+. The summed E-state index contributed by atoms with van der Waals surface area (Å²) in [5, 5.41) is 3.34. The quantitative estimate of drug-likeness (QED) is 0.104. The molecule has 0 aromatic heterocycles. The fourth-order valence-electron chi connectivity index (χ4n) is 6.46. The number of ether oxygens (including phenoxy) is 2. The van der Waals surface area contributed by atoms with Gasteiger partial charge in [-0.3, -0.25) is 13.7 Å². The average Bonchev–Trinajstić information content (AvgIpc) is 3.43. The number of nitrogens with one attached hydrogen (secondary N) is 1. The van der Waals surface area contributed by atoms with Crippen molar-refractivity contribution >= 4 is 47.4 Å². The number of anilines is 1. The van der Waals surface area contributed by atoms with Crippen molar-refractivity contribution in [3.63, 3.8) is 0 Å². The Hall–Kier alpha value is -3.48. The minimum absolute atomic E-state index is 0.0892. The van der Waals surface area contributed by atoms with Crippen LogP contribution in [0.2, 0.25) is 0 Å². The molecule has 2 unspecified atom stereocenters. The maximum atomic E-state index is 12.0. The van der Waals surface area contributed by atoms with E-state index in [9.17, 15) is 38.9 Å². The van der Waals surface area contributed by atoms with Gasteiger partial charge in [0.2, 0.25) is 5.69 Å². The van der Waals surface area contributed by atoms with Crippen LogP contribution in [0.3, 0.4) is 0 Å². The summed E-state index contributed by atoms with van der Waals surface area (Å²) in [7, 11) is -10.00. The summed E-state index contributed by atoms with van der Waals surface area (Å²) in [6.45, 7) is 4.98. The van der Waals surface area contributed by atoms with E-state index in [2.05, 4.69) is 5.32 Å². The number of allylic oxidation sites excluding steroid dienone is 8. The summed E-state index contributed by atoms with van der Waals surface area (Å²) in [4.78, 5) is -0.476. The van der Waals surface area contributed by atoms with Gasteiger partial charge in [-0.25, -0.2) is 0 Å². The van der Waals surface area contributed by atoms with Gasteiger partial charge in [0, 0.05) is 55.3 Å². The first-order valence-corrected chi connectivity index (χ1v) is 20.2. The van der Waals surface area contributed by atoms with Crippen molar-refractivity contribution in [1.29, 1.82) is 0 Å². The lowest BCUT2D eigenvalue weighted by Crippen LogP contribution is -2.32. The Labute approximate surface area is 294 Å². The lowest BCUT2D eigenvalue weighted by Gasteiger charge is -2.26. The third kappa shape index (κ3) is 8.87. The van der Waals surface area contributed by atoms with E-state index < -0.39 is 46.9 Å². The van der Waals surface area contributed by atoms with Gasteiger partial charge in [-0.05, 0) is 75.1 Å². The molecule has 0 aliphatic carbocycles. The van der Waals surface area contributed by atoms with E-state index in [1.807, 2.05) is 42.7 Å². The maximum Gasteiger partial charge on any atom is 0.294 e. The molecule has 2 atom stereocenters. The zero-order valence-corrected chi connectivity index (χ0v) is 30.7. The molecule has 4 N–H and O–H groups in total. The molecule has 0 bridgehead atoms. The zero-order valence-electron chi connectivity index (χ0n) is 28.2. The van der Waals surface area contributed by atoms with Crippen LogP contribution in [-0.4, -0.2) is 88.9 Å². The van der Waals surface area contributed by atoms with Gasteiger partial charge < -0.3 is 14.8 Å². The molecule has 0 saturated heterocycles. The Morgan fingerprint density at radius 3 is 1.98 bits per heavy atom. The van der Waals surface area contributed by atoms with E-state index in [4.69, 9.17) is 9.47 Å². The van der Waals surface area contributed by atoms with Crippen LogP contribution in [0.25, 0.3) is 0 Å². The normalized spacial score (nSPS) is 21.9. The first-order valence-electron chi connectivity index (χ1n) is 15.7. The van der Waals surface area contributed by atoms with E-state index in [1.165, 1.54) is 24.3 Å². The number of rotatable bonds is 16. The smallest absolute Gasteiger partial charge is 0.294 e. The van der Waals surface area contributed by atoms with Crippen molar-refractivity contribution in [2.24, 2.45) is 0 Å². The molecule has 2 aromatic carbocycles. The number of methoxy groups -OCH3 is 2. The largest absolute Gasteiger partial charge is 0.385 e. The first kappa shape index (κ1) is 39.3. The van der Waals surface area contributed by atoms with Crippen molar-refractivity contribution in [2.45, 2.75) is 53.7 Å². The minimum atomic E-state index is -4.52. The molecule has 4 rings (SSSR count). The molecule has 0 amide bonds. The predicted molar refractivity (Wildman–Crippen MR) is 190 cm³/mol. The zero-order chi connectivity index (χ0) is 37.0. The molecule has 0 fully saturated rings. The molecule has 0 radical (unpaired) electrons. The Balaban J connectivity index is 1.63. The summed E-state index contributed by atoms with van der Waals surface area (Å²) in [5.74, 6) is -0.475. The van der Waals surface area contributed by atoms with Gasteiger partial charge in [0.05, 0.1) is 21.0 Å². The molecule has 16 heteroatoms. The third-order valence-corrected chi connectivity index (χ3v) is 11.6. The summed E-state index contributed by atoms with van der Waals surface area (Å²) >= 11 is 0. The average molecular weight is 752 g/mol. The lowest BCUT2D eigenvalue weighted by atomic mass is 9.76. The number of nitrogens with zero attached hydrogens (tertiary/aromatic N) is 1. The van der Waals surface area contributed by atoms with Crippen molar-refractivity contribution in [3.05, 3.63) is 95.8 Å². The second-order valence-corrected chi connectivity index (χ2v) is 16.9. The van der Waals surface area contributed by atoms with Gasteiger partial charge in [0.25, 0.3) is 30.4 Å². The van der Waals surface area contributed by atoms with Crippen LogP contribution < -0.4 is 5.32 Å². The van der Waals surface area contributed by atoms with Crippen LogP contribution >= 0.6 is 0 Å². The van der Waals surface area contributed by atoms with E-state index >= 15 is 0 Å². The van der Waals surface area contributed by atoms with Gasteiger partial charge >= 0.3 is 0 Å². The monoisotopic (exact) mass is 751 g/mol. The van der Waals surface area contributed by atoms with E-state index in [0.29, 0.717) is 37.4 Å². The lowest BCUT2D eigenvalue weighted by molar-refractivity contribution is -0.441. The van der Waals surface area contributed by atoms with Crippen molar-refractivity contribution < 1.29 is 53.0 Å². The fraction of sp³-hybridized carbons (Fsp3) is 0.382. The highest BCUT2D eigenvalue weighted by Crippen LogP contribution is 2.47. The summed E-state index contributed by atoms with van der Waals surface area (Å²) in [5.41, 5.74) is 2.77. The van der Waals surface area contributed by atoms with Gasteiger partial charge in [-0.2, -0.15) is 29.8 Å². The summed E-state index contributed by atoms with van der Waals surface area (Å²) in [6, 6.07) is 8.73. The van der Waals surface area contributed by atoms with Gasteiger partial charge in [0.15, 0.2) is 12.3 Å². The number of benzene rings is 2. The number of fused-ring (bicyclic) bond motifs is 2. The molecule has 0 spiro atoms. The standard InChI is InChI=1S/C34H42N2O11S3/c1-33(18-20-46-3)27-23-25(49(40,41)42)13-15-29(27)35-31(33)11-8-6-5-7-9-12-32-34(2,17-10-22-48(37,38)39)28-24-26(50(43,44)45)14-16-30(28)36(32)19-21-47-4/h5-9,11-16,23-24H,10,17-22H2,1-4H3,(H3,37,38,39,40,41,42,43,44,45)/p+1. The Morgan fingerprint density at radius 2 is 1.36 bits per heavy atom. The molecular weight excluding hydrogens is 709 g/mol.